The lowest BCUT2D eigenvalue weighted by molar-refractivity contribution is -0.130. The molecule has 1 saturated carbocycles. The normalized spacial score (nSPS) is 26.5. The first-order valence-corrected chi connectivity index (χ1v) is 5.86. The van der Waals surface area contributed by atoms with Crippen LogP contribution in [0.15, 0.2) is 0 Å². The first-order chi connectivity index (χ1) is 7.16. The fourth-order valence-electron chi connectivity index (χ4n) is 2.21. The minimum atomic E-state index is -0.299. The quantitative estimate of drug-likeness (QED) is 0.719. The third kappa shape index (κ3) is 2.92. The average molecular weight is 212 g/mol. The number of aliphatic hydroxyl groups is 1. The average Bonchev–Trinajstić information content (AvgIpc) is 2.95. The van der Waals surface area contributed by atoms with Crippen LogP contribution in [-0.2, 0) is 4.79 Å². The van der Waals surface area contributed by atoms with Gasteiger partial charge in [-0.05, 0) is 19.8 Å². The van der Waals surface area contributed by atoms with Crippen molar-refractivity contribution in [2.45, 2.75) is 38.3 Å². The van der Waals surface area contributed by atoms with Crippen LogP contribution in [0.2, 0.25) is 0 Å². The van der Waals surface area contributed by atoms with E-state index in [4.69, 9.17) is 0 Å². The van der Waals surface area contributed by atoms with Gasteiger partial charge in [-0.2, -0.15) is 0 Å². The molecule has 0 bridgehead atoms. The highest BCUT2D eigenvalue weighted by Gasteiger charge is 2.33. The Morgan fingerprint density at radius 2 is 2.13 bits per heavy atom. The van der Waals surface area contributed by atoms with Gasteiger partial charge in [0.25, 0.3) is 0 Å². The number of amides is 1. The fraction of sp³-hybridized carbons (Fsp3) is 0.909. The number of β-amino-alcohol motifs (C(OH)–C–C–N with tert-alkyl or cyclic N) is 1. The zero-order valence-corrected chi connectivity index (χ0v) is 9.35. The topological polar surface area (TPSA) is 43.8 Å². The van der Waals surface area contributed by atoms with Crippen molar-refractivity contribution in [1.82, 2.24) is 9.80 Å². The minimum absolute atomic E-state index is 0.297. The fourth-order valence-corrected chi connectivity index (χ4v) is 2.21. The highest BCUT2D eigenvalue weighted by molar-refractivity contribution is 5.77. The molecule has 1 aliphatic heterocycles. The zero-order valence-electron chi connectivity index (χ0n) is 9.35. The van der Waals surface area contributed by atoms with Gasteiger partial charge in [-0.15, -0.1) is 0 Å². The number of rotatable bonds is 3. The maximum absolute atomic E-state index is 11.8. The van der Waals surface area contributed by atoms with Crippen LogP contribution in [-0.4, -0.2) is 59.1 Å². The van der Waals surface area contributed by atoms with E-state index in [-0.39, 0.29) is 6.10 Å². The van der Waals surface area contributed by atoms with Crippen LogP contribution < -0.4 is 0 Å². The van der Waals surface area contributed by atoms with E-state index in [0.29, 0.717) is 24.9 Å². The van der Waals surface area contributed by atoms with Crippen molar-refractivity contribution >= 4 is 5.91 Å². The Hall–Kier alpha value is -0.610. The number of hydrogen-bond acceptors (Lipinski definition) is 3. The molecule has 0 spiro atoms. The smallest absolute Gasteiger partial charge is 0.224 e. The van der Waals surface area contributed by atoms with Crippen molar-refractivity contribution in [2.75, 3.05) is 26.2 Å². The summed E-state index contributed by atoms with van der Waals surface area (Å²) in [5, 5.41) is 9.31. The molecule has 15 heavy (non-hydrogen) atoms. The van der Waals surface area contributed by atoms with Crippen molar-refractivity contribution in [3.63, 3.8) is 0 Å². The first-order valence-electron chi connectivity index (χ1n) is 5.86. The second kappa shape index (κ2) is 4.49. The van der Waals surface area contributed by atoms with Gasteiger partial charge in [0, 0.05) is 38.6 Å². The lowest BCUT2D eigenvalue weighted by Crippen LogP contribution is -2.36. The molecule has 2 aliphatic rings. The van der Waals surface area contributed by atoms with Gasteiger partial charge in [0.2, 0.25) is 5.91 Å². The highest BCUT2D eigenvalue weighted by atomic mass is 16.3. The van der Waals surface area contributed by atoms with E-state index in [9.17, 15) is 9.90 Å². The molecule has 0 aromatic rings. The Bertz CT molecular complexity index is 239. The summed E-state index contributed by atoms with van der Waals surface area (Å²) in [7, 11) is 0. The van der Waals surface area contributed by atoms with Crippen molar-refractivity contribution < 1.29 is 9.90 Å². The van der Waals surface area contributed by atoms with Gasteiger partial charge in [0.05, 0.1) is 6.10 Å². The van der Waals surface area contributed by atoms with Gasteiger partial charge in [-0.25, -0.2) is 0 Å². The van der Waals surface area contributed by atoms with Crippen molar-refractivity contribution in [3.8, 4) is 0 Å². The molecular weight excluding hydrogens is 192 g/mol. The van der Waals surface area contributed by atoms with Crippen LogP contribution in [0.25, 0.3) is 0 Å². The maximum atomic E-state index is 11.8. The minimum Gasteiger partial charge on any atom is -0.392 e. The van der Waals surface area contributed by atoms with Crippen LogP contribution >= 0.6 is 0 Å². The SMILES string of the molecule is CC(O)CN1CCC(=O)N(C2CC2)CC1. The van der Waals surface area contributed by atoms with Gasteiger partial charge in [-0.3, -0.25) is 9.69 Å². The number of carbonyl (C=O) groups is 1. The van der Waals surface area contributed by atoms with E-state index >= 15 is 0 Å². The van der Waals surface area contributed by atoms with Gasteiger partial charge < -0.3 is 10.0 Å². The number of aliphatic hydroxyl groups excluding tert-OH is 1. The lowest BCUT2D eigenvalue weighted by Gasteiger charge is -2.22. The third-order valence-corrected chi connectivity index (χ3v) is 3.13. The van der Waals surface area contributed by atoms with E-state index in [1.807, 2.05) is 4.90 Å². The van der Waals surface area contributed by atoms with Gasteiger partial charge >= 0.3 is 0 Å². The van der Waals surface area contributed by atoms with Gasteiger partial charge in [-0.1, -0.05) is 0 Å². The summed E-state index contributed by atoms with van der Waals surface area (Å²) in [5.41, 5.74) is 0. The Labute approximate surface area is 90.9 Å². The largest absolute Gasteiger partial charge is 0.392 e. The van der Waals surface area contributed by atoms with Crippen molar-refractivity contribution in [3.05, 3.63) is 0 Å². The van der Waals surface area contributed by atoms with Gasteiger partial charge in [0.15, 0.2) is 0 Å². The molecule has 1 unspecified atom stereocenters. The van der Waals surface area contributed by atoms with E-state index in [0.717, 1.165) is 19.6 Å². The zero-order chi connectivity index (χ0) is 10.8. The first kappa shape index (κ1) is 10.9. The summed E-state index contributed by atoms with van der Waals surface area (Å²) in [6.07, 6.45) is 2.68. The molecule has 1 saturated heterocycles. The molecule has 1 amide bonds. The van der Waals surface area contributed by atoms with Crippen LogP contribution in [0.3, 0.4) is 0 Å². The molecule has 2 rings (SSSR count). The highest BCUT2D eigenvalue weighted by Crippen LogP contribution is 2.28. The Kier molecular flexibility index (Phi) is 3.26. The Morgan fingerprint density at radius 1 is 1.40 bits per heavy atom. The molecule has 1 N–H and O–H groups in total. The van der Waals surface area contributed by atoms with E-state index in [1.54, 1.807) is 6.92 Å². The third-order valence-electron chi connectivity index (χ3n) is 3.13. The molecule has 1 heterocycles. The van der Waals surface area contributed by atoms with Crippen LogP contribution in [0.1, 0.15) is 26.2 Å². The molecule has 0 aromatic carbocycles. The molecule has 0 aromatic heterocycles. The molecule has 0 radical (unpaired) electrons. The van der Waals surface area contributed by atoms with E-state index in [2.05, 4.69) is 4.90 Å². The summed E-state index contributed by atoms with van der Waals surface area (Å²) >= 11 is 0. The summed E-state index contributed by atoms with van der Waals surface area (Å²) in [5.74, 6) is 0.297. The molecular formula is C11H20N2O2. The van der Waals surface area contributed by atoms with Crippen molar-refractivity contribution in [1.29, 1.82) is 0 Å². The summed E-state index contributed by atoms with van der Waals surface area (Å²) in [6.45, 7) is 5.04. The second-order valence-electron chi connectivity index (χ2n) is 4.72. The molecule has 4 heteroatoms. The van der Waals surface area contributed by atoms with E-state index in [1.165, 1.54) is 12.8 Å². The van der Waals surface area contributed by atoms with E-state index < -0.39 is 0 Å². The summed E-state index contributed by atoms with van der Waals surface area (Å²) in [6, 6.07) is 0.531. The lowest BCUT2D eigenvalue weighted by atomic mass is 10.3. The molecule has 4 nitrogen and oxygen atoms in total. The number of hydrogen-bond donors (Lipinski definition) is 1. The monoisotopic (exact) mass is 212 g/mol. The van der Waals surface area contributed by atoms with Crippen LogP contribution in [0, 0.1) is 0 Å². The van der Waals surface area contributed by atoms with Crippen LogP contribution in [0.5, 0.6) is 0 Å². The number of nitrogens with zero attached hydrogens (tertiary/aromatic N) is 2. The predicted octanol–water partition coefficient (Wildman–Crippen LogP) is 0.0639. The summed E-state index contributed by atoms with van der Waals surface area (Å²) < 4.78 is 0. The molecule has 1 atom stereocenters. The molecule has 1 aliphatic carbocycles. The summed E-state index contributed by atoms with van der Waals surface area (Å²) in [4.78, 5) is 16.0. The molecule has 2 fully saturated rings. The number of carbonyl (C=O) groups excluding carboxylic acids is 1. The molecule has 86 valence electrons. The Balaban J connectivity index is 1.87. The predicted molar refractivity (Wildman–Crippen MR) is 57.5 cm³/mol. The Morgan fingerprint density at radius 3 is 2.73 bits per heavy atom. The second-order valence-corrected chi connectivity index (χ2v) is 4.72. The standard InChI is InChI=1S/C11H20N2O2/c1-9(14)8-12-5-4-11(15)13(7-6-12)10-2-3-10/h9-10,14H,2-8H2,1H3. The van der Waals surface area contributed by atoms with Crippen LogP contribution in [0.4, 0.5) is 0 Å². The van der Waals surface area contributed by atoms with Crippen molar-refractivity contribution in [2.24, 2.45) is 0 Å². The van der Waals surface area contributed by atoms with Gasteiger partial charge in [0.1, 0.15) is 0 Å². The maximum Gasteiger partial charge on any atom is 0.224 e.